The van der Waals surface area contributed by atoms with Crippen LogP contribution in [0.15, 0.2) is 67.5 Å². The molecule has 0 unspecified atom stereocenters. The molecule has 2 atom stereocenters. The molecule has 0 radical (unpaired) electrons. The highest BCUT2D eigenvalue weighted by atomic mass is 16.3. The van der Waals surface area contributed by atoms with Gasteiger partial charge in [-0.3, -0.25) is 14.7 Å². The van der Waals surface area contributed by atoms with Gasteiger partial charge in [-0.2, -0.15) is 0 Å². The molecule has 144 valence electrons. The van der Waals surface area contributed by atoms with E-state index in [1.54, 1.807) is 30.9 Å². The van der Waals surface area contributed by atoms with E-state index in [2.05, 4.69) is 20.2 Å². The molecule has 0 aliphatic carbocycles. The number of hydrogen-bond acceptors (Lipinski definition) is 5. The Morgan fingerprint density at radius 3 is 2.71 bits per heavy atom. The summed E-state index contributed by atoms with van der Waals surface area (Å²) in [6.45, 7) is 2.09. The van der Waals surface area contributed by atoms with Gasteiger partial charge in [-0.15, -0.1) is 0 Å². The Morgan fingerprint density at radius 1 is 1.18 bits per heavy atom. The van der Waals surface area contributed by atoms with Crippen molar-refractivity contribution in [1.82, 2.24) is 24.8 Å². The smallest absolute Gasteiger partial charge is 0.251 e. The van der Waals surface area contributed by atoms with Crippen molar-refractivity contribution in [3.8, 4) is 5.69 Å². The predicted molar refractivity (Wildman–Crippen MR) is 105 cm³/mol. The first-order valence-electron chi connectivity index (χ1n) is 9.37. The Labute approximate surface area is 163 Å². The first-order valence-corrected chi connectivity index (χ1v) is 9.37. The van der Waals surface area contributed by atoms with Gasteiger partial charge < -0.3 is 15.0 Å². The lowest BCUT2D eigenvalue weighted by Crippen LogP contribution is -2.53. The summed E-state index contributed by atoms with van der Waals surface area (Å²) < 4.78 is 1.88. The molecule has 1 aromatic carbocycles. The SMILES string of the molecule is O=C(N[C@@H]1CCN(Cc2cccnc2)C[C@H]1O)c1ccc(-n2ccnc2)cc1. The molecule has 3 heterocycles. The predicted octanol–water partition coefficient (Wildman–Crippen LogP) is 1.63. The summed E-state index contributed by atoms with van der Waals surface area (Å²) in [5.74, 6) is -0.165. The van der Waals surface area contributed by atoms with Crippen LogP contribution in [0.1, 0.15) is 22.3 Å². The minimum Gasteiger partial charge on any atom is -0.390 e. The van der Waals surface area contributed by atoms with Crippen LogP contribution < -0.4 is 5.32 Å². The van der Waals surface area contributed by atoms with Crippen LogP contribution in [0.25, 0.3) is 5.69 Å². The number of benzene rings is 1. The van der Waals surface area contributed by atoms with E-state index >= 15 is 0 Å². The summed E-state index contributed by atoms with van der Waals surface area (Å²) in [5.41, 5.74) is 2.64. The van der Waals surface area contributed by atoms with Gasteiger partial charge in [0.15, 0.2) is 0 Å². The number of rotatable bonds is 5. The number of nitrogens with zero attached hydrogens (tertiary/aromatic N) is 4. The van der Waals surface area contributed by atoms with Crippen LogP contribution in [-0.2, 0) is 6.54 Å². The molecule has 3 aromatic rings. The number of carbonyl (C=O) groups is 1. The zero-order chi connectivity index (χ0) is 19.3. The van der Waals surface area contributed by atoms with Crippen LogP contribution in [0.2, 0.25) is 0 Å². The number of aromatic nitrogens is 3. The third-order valence-electron chi connectivity index (χ3n) is 5.04. The van der Waals surface area contributed by atoms with Crippen molar-refractivity contribution in [1.29, 1.82) is 0 Å². The van der Waals surface area contributed by atoms with E-state index in [9.17, 15) is 9.90 Å². The zero-order valence-electron chi connectivity index (χ0n) is 15.5. The molecule has 1 saturated heterocycles. The maximum Gasteiger partial charge on any atom is 0.251 e. The summed E-state index contributed by atoms with van der Waals surface area (Å²) in [6, 6.07) is 11.0. The number of piperidine rings is 1. The minimum absolute atomic E-state index is 0.165. The van der Waals surface area contributed by atoms with Crippen LogP contribution in [-0.4, -0.2) is 55.7 Å². The number of pyridine rings is 1. The molecule has 0 spiro atoms. The van der Waals surface area contributed by atoms with E-state index < -0.39 is 6.10 Å². The fourth-order valence-corrected chi connectivity index (χ4v) is 3.51. The first-order chi connectivity index (χ1) is 13.7. The number of carbonyl (C=O) groups excluding carboxylic acids is 1. The molecular weight excluding hydrogens is 354 g/mol. The summed E-state index contributed by atoms with van der Waals surface area (Å²) in [4.78, 5) is 22.9. The molecule has 7 heteroatoms. The standard InChI is InChI=1S/C21H23N5O2/c27-20-14-25(13-16-2-1-8-22-12-16)10-7-19(20)24-21(28)17-3-5-18(6-4-17)26-11-9-23-15-26/h1-6,8-9,11-12,15,19-20,27H,7,10,13-14H2,(H,24,28)/t19-,20-/m1/s1. The van der Waals surface area contributed by atoms with Crippen molar-refractivity contribution >= 4 is 5.91 Å². The highest BCUT2D eigenvalue weighted by Gasteiger charge is 2.29. The Hall–Kier alpha value is -3.03. The Balaban J connectivity index is 1.32. The maximum absolute atomic E-state index is 12.6. The molecule has 2 aromatic heterocycles. The fraction of sp³-hybridized carbons (Fsp3) is 0.286. The van der Waals surface area contributed by atoms with Crippen molar-refractivity contribution in [2.75, 3.05) is 13.1 Å². The molecule has 1 amide bonds. The second-order valence-corrected chi connectivity index (χ2v) is 7.05. The average molecular weight is 377 g/mol. The van der Waals surface area contributed by atoms with Crippen LogP contribution in [0.5, 0.6) is 0 Å². The monoisotopic (exact) mass is 377 g/mol. The minimum atomic E-state index is -0.598. The number of likely N-dealkylation sites (tertiary alicyclic amines) is 1. The second kappa shape index (κ2) is 8.33. The number of hydrogen-bond donors (Lipinski definition) is 2. The van der Waals surface area contributed by atoms with E-state index in [1.807, 2.05) is 41.2 Å². The topological polar surface area (TPSA) is 83.3 Å². The van der Waals surface area contributed by atoms with Crippen molar-refractivity contribution in [2.24, 2.45) is 0 Å². The van der Waals surface area contributed by atoms with Gasteiger partial charge in [0.2, 0.25) is 0 Å². The molecule has 2 N–H and O–H groups in total. The number of β-amino-alcohol motifs (C(OH)–C–C–N with tert-alkyl or cyclic N) is 1. The molecule has 7 nitrogen and oxygen atoms in total. The third kappa shape index (κ3) is 4.27. The molecule has 0 saturated carbocycles. The number of amides is 1. The van der Waals surface area contributed by atoms with E-state index in [1.165, 1.54) is 0 Å². The van der Waals surface area contributed by atoms with Gasteiger partial charge >= 0.3 is 0 Å². The number of imidazole rings is 1. The van der Waals surface area contributed by atoms with Gasteiger partial charge in [0.1, 0.15) is 0 Å². The van der Waals surface area contributed by atoms with Gasteiger partial charge in [0, 0.05) is 55.7 Å². The van der Waals surface area contributed by atoms with Crippen LogP contribution in [0.4, 0.5) is 0 Å². The van der Waals surface area contributed by atoms with E-state index in [0.717, 1.165) is 24.3 Å². The molecule has 1 aliphatic heterocycles. The molecule has 1 aliphatic rings. The normalized spacial score (nSPS) is 20.0. The van der Waals surface area contributed by atoms with Crippen molar-refractivity contribution in [3.63, 3.8) is 0 Å². The number of aliphatic hydroxyl groups excluding tert-OH is 1. The van der Waals surface area contributed by atoms with Crippen LogP contribution in [0.3, 0.4) is 0 Å². The van der Waals surface area contributed by atoms with Crippen LogP contribution in [0, 0.1) is 0 Å². The van der Waals surface area contributed by atoms with E-state index in [4.69, 9.17) is 0 Å². The summed E-state index contributed by atoms with van der Waals surface area (Å²) in [7, 11) is 0. The number of nitrogens with one attached hydrogen (secondary N) is 1. The average Bonchev–Trinajstić information content (AvgIpc) is 3.26. The van der Waals surface area contributed by atoms with Gasteiger partial charge in [-0.1, -0.05) is 6.07 Å². The van der Waals surface area contributed by atoms with Crippen molar-refractivity contribution < 1.29 is 9.90 Å². The van der Waals surface area contributed by atoms with Gasteiger partial charge in [0.25, 0.3) is 5.91 Å². The summed E-state index contributed by atoms with van der Waals surface area (Å²) in [6.07, 6.45) is 8.98. The van der Waals surface area contributed by atoms with Crippen molar-refractivity contribution in [3.05, 3.63) is 78.6 Å². The summed E-state index contributed by atoms with van der Waals surface area (Å²) in [5, 5.41) is 13.5. The highest BCUT2D eigenvalue weighted by molar-refractivity contribution is 5.94. The van der Waals surface area contributed by atoms with E-state index in [0.29, 0.717) is 18.5 Å². The van der Waals surface area contributed by atoms with E-state index in [-0.39, 0.29) is 11.9 Å². The largest absolute Gasteiger partial charge is 0.390 e. The molecule has 0 bridgehead atoms. The Kier molecular flexibility index (Phi) is 5.45. The number of aliphatic hydroxyl groups is 1. The highest BCUT2D eigenvalue weighted by Crippen LogP contribution is 2.15. The quantitative estimate of drug-likeness (QED) is 0.706. The first kappa shape index (κ1) is 18.3. The Bertz CT molecular complexity index is 896. The fourth-order valence-electron chi connectivity index (χ4n) is 3.51. The summed E-state index contributed by atoms with van der Waals surface area (Å²) >= 11 is 0. The lowest BCUT2D eigenvalue weighted by Gasteiger charge is -2.36. The lowest BCUT2D eigenvalue weighted by molar-refractivity contribution is 0.0349. The molecule has 1 fully saturated rings. The lowest BCUT2D eigenvalue weighted by atomic mass is 10.0. The van der Waals surface area contributed by atoms with Gasteiger partial charge in [-0.25, -0.2) is 4.98 Å². The van der Waals surface area contributed by atoms with Gasteiger partial charge in [0.05, 0.1) is 18.5 Å². The Morgan fingerprint density at radius 2 is 2.04 bits per heavy atom. The zero-order valence-corrected chi connectivity index (χ0v) is 15.5. The van der Waals surface area contributed by atoms with Crippen molar-refractivity contribution in [2.45, 2.75) is 25.1 Å². The second-order valence-electron chi connectivity index (χ2n) is 7.05. The maximum atomic E-state index is 12.6. The third-order valence-corrected chi connectivity index (χ3v) is 5.04. The molecule has 4 rings (SSSR count). The van der Waals surface area contributed by atoms with Crippen LogP contribution >= 0.6 is 0 Å². The molecule has 28 heavy (non-hydrogen) atoms. The van der Waals surface area contributed by atoms with Gasteiger partial charge in [-0.05, 0) is 42.3 Å². The molecular formula is C21H23N5O2.